The summed E-state index contributed by atoms with van der Waals surface area (Å²) in [7, 11) is 0. The molecule has 25 heavy (non-hydrogen) atoms. The molecule has 0 fully saturated rings. The van der Waals surface area contributed by atoms with Gasteiger partial charge in [-0.15, -0.1) is 0 Å². The summed E-state index contributed by atoms with van der Waals surface area (Å²) in [5, 5.41) is 1.25. The Balaban J connectivity index is 1.70. The third-order valence-electron chi connectivity index (χ3n) is 4.03. The van der Waals surface area contributed by atoms with Crippen LogP contribution in [0, 0.1) is 0 Å². The summed E-state index contributed by atoms with van der Waals surface area (Å²) >= 11 is 7.44. The molecule has 2 aromatic carbocycles. The normalized spacial score (nSPS) is 12.3. The number of benzene rings is 2. The van der Waals surface area contributed by atoms with Crippen molar-refractivity contribution in [3.05, 3.63) is 53.1 Å². The molecule has 1 aromatic heterocycles. The second kappa shape index (κ2) is 7.95. The van der Waals surface area contributed by atoms with Crippen molar-refractivity contribution in [3.63, 3.8) is 0 Å². The highest BCUT2D eigenvalue weighted by Crippen LogP contribution is 2.33. The van der Waals surface area contributed by atoms with E-state index in [1.165, 1.54) is 11.3 Å². The topological polar surface area (TPSA) is 65.2 Å². The Morgan fingerprint density at radius 2 is 2.04 bits per heavy atom. The molecular weight excluding hydrogens is 356 g/mol. The Bertz CT molecular complexity index is 877. The summed E-state index contributed by atoms with van der Waals surface area (Å²) in [5.74, 6) is 0.767. The quantitative estimate of drug-likeness (QED) is 0.620. The van der Waals surface area contributed by atoms with Crippen LogP contribution in [-0.2, 0) is 4.79 Å². The van der Waals surface area contributed by atoms with E-state index >= 15 is 0 Å². The Morgan fingerprint density at radius 1 is 1.28 bits per heavy atom. The number of carbonyl (C=O) groups excluding carboxylic acids is 1. The molecule has 0 saturated heterocycles. The number of ether oxygens (including phenoxy) is 1. The maximum absolute atomic E-state index is 12.1. The van der Waals surface area contributed by atoms with Gasteiger partial charge in [0.2, 0.25) is 0 Å². The van der Waals surface area contributed by atoms with Crippen molar-refractivity contribution < 1.29 is 9.53 Å². The van der Waals surface area contributed by atoms with Gasteiger partial charge in [0, 0.05) is 17.4 Å². The molecule has 0 aliphatic carbocycles. The van der Waals surface area contributed by atoms with Crippen LogP contribution in [0.5, 0.6) is 10.9 Å². The number of carbonyl (C=O) groups is 1. The molecule has 0 bridgehead atoms. The zero-order chi connectivity index (χ0) is 17.8. The molecular formula is C19H19ClN2O2S. The molecule has 6 heteroatoms. The first-order chi connectivity index (χ1) is 12.1. The molecule has 2 N–H and O–H groups in total. The number of halogens is 1. The molecule has 1 unspecified atom stereocenters. The number of fused-ring (bicyclic) bond motifs is 1. The third-order valence-corrected chi connectivity index (χ3v) is 5.16. The van der Waals surface area contributed by atoms with E-state index < -0.39 is 0 Å². The molecule has 0 spiro atoms. The minimum Gasteiger partial charge on any atom is -0.431 e. The first-order valence-corrected chi connectivity index (χ1v) is 9.33. The van der Waals surface area contributed by atoms with Crippen molar-refractivity contribution in [1.82, 2.24) is 4.98 Å². The molecule has 1 atom stereocenters. The minimum atomic E-state index is -0.134. The van der Waals surface area contributed by atoms with E-state index in [9.17, 15) is 4.79 Å². The van der Waals surface area contributed by atoms with E-state index in [1.54, 1.807) is 0 Å². The van der Waals surface area contributed by atoms with Crippen molar-refractivity contribution in [2.75, 3.05) is 6.54 Å². The largest absolute Gasteiger partial charge is 0.431 e. The predicted molar refractivity (Wildman–Crippen MR) is 103 cm³/mol. The van der Waals surface area contributed by atoms with Gasteiger partial charge < -0.3 is 10.5 Å². The Morgan fingerprint density at radius 3 is 2.76 bits per heavy atom. The van der Waals surface area contributed by atoms with Gasteiger partial charge in [0.25, 0.3) is 5.19 Å². The molecule has 0 aliphatic rings. The highest BCUT2D eigenvalue weighted by molar-refractivity contribution is 7.20. The SMILES string of the molecule is CC(C(=O)CCCN)c1ccc(Oc2nc3ccc(Cl)cc3s2)cc1. The van der Waals surface area contributed by atoms with E-state index in [4.69, 9.17) is 22.1 Å². The number of thiazole rings is 1. The van der Waals surface area contributed by atoms with Crippen molar-refractivity contribution in [2.45, 2.75) is 25.7 Å². The van der Waals surface area contributed by atoms with Crippen molar-refractivity contribution in [2.24, 2.45) is 5.73 Å². The monoisotopic (exact) mass is 374 g/mol. The molecule has 1 heterocycles. The molecule has 3 aromatic rings. The number of rotatable bonds is 7. The summed E-state index contributed by atoms with van der Waals surface area (Å²) in [5.41, 5.74) is 7.30. The van der Waals surface area contributed by atoms with Crippen LogP contribution < -0.4 is 10.5 Å². The number of hydrogen-bond acceptors (Lipinski definition) is 5. The van der Waals surface area contributed by atoms with Gasteiger partial charge in [-0.25, -0.2) is 4.98 Å². The zero-order valence-corrected chi connectivity index (χ0v) is 15.4. The van der Waals surface area contributed by atoms with Crippen molar-refractivity contribution in [3.8, 4) is 10.9 Å². The predicted octanol–water partition coefficient (Wildman–Crippen LogP) is 5.15. The van der Waals surface area contributed by atoms with Gasteiger partial charge in [-0.3, -0.25) is 4.79 Å². The average Bonchev–Trinajstić information content (AvgIpc) is 3.01. The highest BCUT2D eigenvalue weighted by atomic mass is 35.5. The van der Waals surface area contributed by atoms with Gasteiger partial charge in [-0.2, -0.15) is 0 Å². The summed E-state index contributed by atoms with van der Waals surface area (Å²) < 4.78 is 6.81. The van der Waals surface area contributed by atoms with Gasteiger partial charge in [0.15, 0.2) is 0 Å². The third kappa shape index (κ3) is 4.37. The Kier molecular flexibility index (Phi) is 5.68. The summed E-state index contributed by atoms with van der Waals surface area (Å²) in [4.78, 5) is 16.5. The lowest BCUT2D eigenvalue weighted by Gasteiger charge is -2.11. The van der Waals surface area contributed by atoms with Crippen LogP contribution in [0.25, 0.3) is 10.2 Å². The van der Waals surface area contributed by atoms with Crippen LogP contribution in [0.15, 0.2) is 42.5 Å². The molecule has 0 aliphatic heterocycles. The number of nitrogens with two attached hydrogens (primary N) is 1. The summed E-state index contributed by atoms with van der Waals surface area (Å²) in [6.45, 7) is 2.46. The van der Waals surface area contributed by atoms with Crippen LogP contribution in [0.4, 0.5) is 0 Å². The van der Waals surface area contributed by atoms with Gasteiger partial charge in [0.1, 0.15) is 11.5 Å². The standard InChI is InChI=1S/C19H19ClN2O2S/c1-12(17(23)3-2-10-21)13-4-7-15(8-5-13)24-19-22-16-9-6-14(20)11-18(16)25-19/h4-9,11-12H,2-3,10,21H2,1H3. The van der Waals surface area contributed by atoms with Crippen LogP contribution in [-0.4, -0.2) is 17.3 Å². The zero-order valence-electron chi connectivity index (χ0n) is 13.9. The fraction of sp³-hybridized carbons (Fsp3) is 0.263. The number of hydrogen-bond donors (Lipinski definition) is 1. The number of Topliss-reactive ketones (excluding diaryl/α,β-unsaturated/α-hetero) is 1. The average molecular weight is 375 g/mol. The smallest absolute Gasteiger partial charge is 0.279 e. The lowest BCUT2D eigenvalue weighted by molar-refractivity contribution is -0.120. The second-order valence-electron chi connectivity index (χ2n) is 5.84. The molecule has 0 amide bonds. The van der Waals surface area contributed by atoms with Gasteiger partial charge in [-0.05, 0) is 48.9 Å². The van der Waals surface area contributed by atoms with Crippen LogP contribution in [0.1, 0.15) is 31.2 Å². The Hall–Kier alpha value is -1.95. The Labute approximate surface area is 155 Å². The molecule has 130 valence electrons. The van der Waals surface area contributed by atoms with Crippen LogP contribution in [0.2, 0.25) is 5.02 Å². The first kappa shape index (κ1) is 17.9. The fourth-order valence-corrected chi connectivity index (χ4v) is 3.64. The second-order valence-corrected chi connectivity index (χ2v) is 7.27. The van der Waals surface area contributed by atoms with Crippen LogP contribution in [0.3, 0.4) is 0 Å². The maximum atomic E-state index is 12.1. The highest BCUT2D eigenvalue weighted by Gasteiger charge is 2.15. The summed E-state index contributed by atoms with van der Waals surface area (Å²) in [6.07, 6.45) is 1.25. The summed E-state index contributed by atoms with van der Waals surface area (Å²) in [6, 6.07) is 13.1. The van der Waals surface area contributed by atoms with Gasteiger partial charge >= 0.3 is 0 Å². The molecule has 0 radical (unpaired) electrons. The fourth-order valence-electron chi connectivity index (χ4n) is 2.53. The molecule has 4 nitrogen and oxygen atoms in total. The first-order valence-electron chi connectivity index (χ1n) is 8.13. The molecule has 0 saturated carbocycles. The van der Waals surface area contributed by atoms with Crippen molar-refractivity contribution >= 4 is 38.9 Å². The maximum Gasteiger partial charge on any atom is 0.279 e. The van der Waals surface area contributed by atoms with E-state index in [-0.39, 0.29) is 11.7 Å². The lowest BCUT2D eigenvalue weighted by atomic mass is 9.94. The minimum absolute atomic E-state index is 0.134. The number of ketones is 1. The number of nitrogens with zero attached hydrogens (tertiary/aromatic N) is 1. The number of aromatic nitrogens is 1. The molecule has 3 rings (SSSR count). The lowest BCUT2D eigenvalue weighted by Crippen LogP contribution is -2.11. The van der Waals surface area contributed by atoms with Gasteiger partial charge in [-0.1, -0.05) is 42.0 Å². The van der Waals surface area contributed by atoms with Crippen molar-refractivity contribution in [1.29, 1.82) is 0 Å². The van der Waals surface area contributed by atoms with E-state index in [0.717, 1.165) is 22.2 Å². The van der Waals surface area contributed by atoms with E-state index in [2.05, 4.69) is 4.98 Å². The van der Waals surface area contributed by atoms with E-state index in [0.29, 0.717) is 28.9 Å². The van der Waals surface area contributed by atoms with E-state index in [1.807, 2.05) is 49.4 Å². The van der Waals surface area contributed by atoms with Crippen LogP contribution >= 0.6 is 22.9 Å². The van der Waals surface area contributed by atoms with Gasteiger partial charge in [0.05, 0.1) is 10.2 Å².